The van der Waals surface area contributed by atoms with E-state index in [0.717, 1.165) is 42.3 Å². The van der Waals surface area contributed by atoms with Crippen molar-refractivity contribution in [1.82, 2.24) is 29.9 Å². The third kappa shape index (κ3) is 3.54. The van der Waals surface area contributed by atoms with Crippen LogP contribution < -0.4 is 0 Å². The van der Waals surface area contributed by atoms with Gasteiger partial charge in [-0.15, -0.1) is 0 Å². The van der Waals surface area contributed by atoms with Gasteiger partial charge >= 0.3 is 0 Å². The molecule has 1 amide bonds. The average molecular weight is 382 g/mol. The molecule has 0 radical (unpaired) electrons. The van der Waals surface area contributed by atoms with E-state index in [1.165, 1.54) is 12.1 Å². The topological polar surface area (TPSA) is 79.7 Å². The van der Waals surface area contributed by atoms with E-state index in [9.17, 15) is 9.18 Å². The monoisotopic (exact) mass is 382 g/mol. The van der Waals surface area contributed by atoms with E-state index >= 15 is 0 Å². The zero-order chi connectivity index (χ0) is 19.7. The Hall–Kier alpha value is -3.03. The molecule has 1 aliphatic heterocycles. The number of aromatic nitrogens is 5. The summed E-state index contributed by atoms with van der Waals surface area (Å²) in [5.41, 5.74) is 1.97. The van der Waals surface area contributed by atoms with Gasteiger partial charge in [-0.25, -0.2) is 14.1 Å². The molecular formula is C20H23FN6O. The van der Waals surface area contributed by atoms with Crippen molar-refractivity contribution in [3.05, 3.63) is 59.2 Å². The van der Waals surface area contributed by atoms with Crippen molar-refractivity contribution in [2.45, 2.75) is 39.0 Å². The van der Waals surface area contributed by atoms with Crippen molar-refractivity contribution >= 4 is 5.91 Å². The summed E-state index contributed by atoms with van der Waals surface area (Å²) in [6.45, 7) is 5.23. The summed E-state index contributed by atoms with van der Waals surface area (Å²) in [4.78, 5) is 19.3. The van der Waals surface area contributed by atoms with Crippen LogP contribution in [0.5, 0.6) is 0 Å². The van der Waals surface area contributed by atoms with Crippen LogP contribution >= 0.6 is 0 Å². The first-order chi connectivity index (χ1) is 13.5. The molecular weight excluding hydrogens is 359 g/mol. The molecule has 1 saturated heterocycles. The molecule has 1 aromatic carbocycles. The standard InChI is InChI=1S/C20H23FN6O/c1-3-18-22-19(24-23-18)14-8-10-26(11-9-14)20(28)17-12-13(2)27(25-17)16-6-4-15(21)5-7-16/h4-7,12,14H,3,8-11H2,1-2H3,(H,22,23,24). The Kier molecular flexibility index (Phi) is 4.93. The molecule has 28 heavy (non-hydrogen) atoms. The summed E-state index contributed by atoms with van der Waals surface area (Å²) in [5, 5.41) is 11.7. The van der Waals surface area contributed by atoms with Crippen molar-refractivity contribution in [1.29, 1.82) is 0 Å². The van der Waals surface area contributed by atoms with Gasteiger partial charge in [-0.1, -0.05) is 6.92 Å². The van der Waals surface area contributed by atoms with Crippen LogP contribution in [0.3, 0.4) is 0 Å². The first kappa shape index (κ1) is 18.3. The summed E-state index contributed by atoms with van der Waals surface area (Å²) in [6.07, 6.45) is 2.51. The van der Waals surface area contributed by atoms with E-state index in [-0.39, 0.29) is 17.6 Å². The number of rotatable bonds is 4. The summed E-state index contributed by atoms with van der Waals surface area (Å²) in [5.74, 6) is 1.65. The van der Waals surface area contributed by atoms with Crippen molar-refractivity contribution < 1.29 is 9.18 Å². The van der Waals surface area contributed by atoms with Gasteiger partial charge in [0.25, 0.3) is 5.91 Å². The SMILES string of the molecule is CCc1nc(C2CCN(C(=O)c3cc(C)n(-c4ccc(F)cc4)n3)CC2)n[nH]1. The molecule has 0 aliphatic carbocycles. The van der Waals surface area contributed by atoms with Crippen LogP contribution in [-0.2, 0) is 6.42 Å². The molecule has 0 atom stereocenters. The molecule has 1 fully saturated rings. The Labute approximate surface area is 162 Å². The summed E-state index contributed by atoms with van der Waals surface area (Å²) < 4.78 is 14.8. The Morgan fingerprint density at radius 3 is 2.61 bits per heavy atom. The highest BCUT2D eigenvalue weighted by molar-refractivity contribution is 5.92. The fourth-order valence-corrected chi connectivity index (χ4v) is 3.58. The number of likely N-dealkylation sites (tertiary alicyclic amines) is 1. The fraction of sp³-hybridized carbons (Fsp3) is 0.400. The van der Waals surface area contributed by atoms with Crippen LogP contribution in [0.4, 0.5) is 4.39 Å². The molecule has 1 N–H and O–H groups in total. The lowest BCUT2D eigenvalue weighted by molar-refractivity contribution is 0.0704. The minimum Gasteiger partial charge on any atom is -0.337 e. The second kappa shape index (κ2) is 7.53. The number of carbonyl (C=O) groups is 1. The summed E-state index contributed by atoms with van der Waals surface area (Å²) in [7, 11) is 0. The van der Waals surface area contributed by atoms with Gasteiger partial charge in [0.05, 0.1) is 5.69 Å². The molecule has 0 saturated carbocycles. The number of hydrogen-bond acceptors (Lipinski definition) is 4. The number of halogens is 1. The van der Waals surface area contributed by atoms with Crippen molar-refractivity contribution in [2.75, 3.05) is 13.1 Å². The van der Waals surface area contributed by atoms with Crippen LogP contribution in [0.1, 0.15) is 53.5 Å². The second-order valence-electron chi connectivity index (χ2n) is 7.12. The normalized spacial score (nSPS) is 15.2. The smallest absolute Gasteiger partial charge is 0.274 e. The maximum absolute atomic E-state index is 13.2. The number of piperidine rings is 1. The number of H-pyrrole nitrogens is 1. The Morgan fingerprint density at radius 1 is 1.25 bits per heavy atom. The number of amides is 1. The first-order valence-corrected chi connectivity index (χ1v) is 9.58. The van der Waals surface area contributed by atoms with E-state index in [1.54, 1.807) is 22.9 Å². The third-order valence-corrected chi connectivity index (χ3v) is 5.21. The van der Waals surface area contributed by atoms with Gasteiger partial charge in [-0.2, -0.15) is 10.2 Å². The van der Waals surface area contributed by atoms with E-state index in [1.807, 2.05) is 18.7 Å². The Balaban J connectivity index is 1.44. The van der Waals surface area contributed by atoms with Gasteiger partial charge in [0.1, 0.15) is 11.6 Å². The molecule has 7 nitrogen and oxygen atoms in total. The highest BCUT2D eigenvalue weighted by Gasteiger charge is 2.28. The van der Waals surface area contributed by atoms with E-state index in [4.69, 9.17) is 0 Å². The van der Waals surface area contributed by atoms with Crippen LogP contribution in [0.15, 0.2) is 30.3 Å². The van der Waals surface area contributed by atoms with Gasteiger partial charge in [0.15, 0.2) is 11.5 Å². The number of carbonyl (C=O) groups excluding carboxylic acids is 1. The third-order valence-electron chi connectivity index (χ3n) is 5.21. The zero-order valence-electron chi connectivity index (χ0n) is 16.0. The van der Waals surface area contributed by atoms with Crippen LogP contribution in [-0.4, -0.2) is 48.9 Å². The van der Waals surface area contributed by atoms with Crippen molar-refractivity contribution in [2.24, 2.45) is 0 Å². The maximum atomic E-state index is 13.2. The Bertz CT molecular complexity index is 969. The molecule has 4 rings (SSSR count). The molecule has 146 valence electrons. The number of nitrogens with one attached hydrogen (secondary N) is 1. The van der Waals surface area contributed by atoms with Gasteiger partial charge in [0, 0.05) is 31.1 Å². The fourth-order valence-electron chi connectivity index (χ4n) is 3.58. The number of aryl methyl sites for hydroxylation is 2. The largest absolute Gasteiger partial charge is 0.337 e. The van der Waals surface area contributed by atoms with Gasteiger partial charge in [-0.3, -0.25) is 9.89 Å². The van der Waals surface area contributed by atoms with Crippen molar-refractivity contribution in [3.8, 4) is 5.69 Å². The van der Waals surface area contributed by atoms with E-state index in [2.05, 4.69) is 20.3 Å². The van der Waals surface area contributed by atoms with E-state index < -0.39 is 0 Å². The number of aromatic amines is 1. The molecule has 3 aromatic rings. The maximum Gasteiger partial charge on any atom is 0.274 e. The molecule has 0 spiro atoms. The Morgan fingerprint density at radius 2 is 1.96 bits per heavy atom. The molecule has 2 aromatic heterocycles. The molecule has 0 bridgehead atoms. The highest BCUT2D eigenvalue weighted by Crippen LogP contribution is 2.26. The predicted molar refractivity (Wildman–Crippen MR) is 102 cm³/mol. The van der Waals surface area contributed by atoms with Crippen LogP contribution in [0.25, 0.3) is 5.69 Å². The first-order valence-electron chi connectivity index (χ1n) is 9.58. The minimum atomic E-state index is -0.301. The van der Waals surface area contributed by atoms with Crippen LogP contribution in [0, 0.1) is 12.7 Å². The molecule has 8 heteroatoms. The van der Waals surface area contributed by atoms with E-state index in [0.29, 0.717) is 18.8 Å². The lowest BCUT2D eigenvalue weighted by Crippen LogP contribution is -2.38. The molecule has 1 aliphatic rings. The number of nitrogens with zero attached hydrogens (tertiary/aromatic N) is 5. The van der Waals surface area contributed by atoms with Gasteiger partial charge < -0.3 is 4.90 Å². The average Bonchev–Trinajstić information content (AvgIpc) is 3.35. The van der Waals surface area contributed by atoms with Crippen molar-refractivity contribution in [3.63, 3.8) is 0 Å². The number of hydrogen-bond donors (Lipinski definition) is 1. The molecule has 0 unspecified atom stereocenters. The minimum absolute atomic E-state index is 0.0772. The number of benzene rings is 1. The van der Waals surface area contributed by atoms with Crippen LogP contribution in [0.2, 0.25) is 0 Å². The lowest BCUT2D eigenvalue weighted by Gasteiger charge is -2.30. The predicted octanol–water partition coefficient (Wildman–Crippen LogP) is 3.02. The molecule has 3 heterocycles. The summed E-state index contributed by atoms with van der Waals surface area (Å²) >= 11 is 0. The second-order valence-corrected chi connectivity index (χ2v) is 7.12. The lowest BCUT2D eigenvalue weighted by atomic mass is 9.96. The van der Waals surface area contributed by atoms with Gasteiger partial charge in [-0.05, 0) is 50.1 Å². The van der Waals surface area contributed by atoms with Gasteiger partial charge in [0.2, 0.25) is 0 Å². The summed E-state index contributed by atoms with van der Waals surface area (Å²) in [6, 6.07) is 7.85. The quantitative estimate of drug-likeness (QED) is 0.752. The highest BCUT2D eigenvalue weighted by atomic mass is 19.1. The zero-order valence-corrected chi connectivity index (χ0v) is 16.0.